The van der Waals surface area contributed by atoms with E-state index >= 15 is 0 Å². The van der Waals surface area contributed by atoms with Crippen LogP contribution in [0, 0.1) is 12.8 Å². The maximum absolute atomic E-state index is 4.21. The van der Waals surface area contributed by atoms with Crippen molar-refractivity contribution < 1.29 is 0 Å². The van der Waals surface area contributed by atoms with Gasteiger partial charge in [0.2, 0.25) is 0 Å². The largest absolute Gasteiger partial charge is 0.296 e. The third kappa shape index (κ3) is 5.73. The van der Waals surface area contributed by atoms with Crippen molar-refractivity contribution in [3.05, 3.63) is 41.5 Å². The molecular formula is C19H29N. The molecule has 1 rings (SSSR count). The molecule has 0 heterocycles. The Balaban J connectivity index is 2.83. The van der Waals surface area contributed by atoms with E-state index in [4.69, 9.17) is 0 Å². The van der Waals surface area contributed by atoms with Gasteiger partial charge in [-0.1, -0.05) is 75.4 Å². The Kier molecular flexibility index (Phi) is 7.94. The molecule has 0 bridgehead atoms. The van der Waals surface area contributed by atoms with Crippen molar-refractivity contribution in [2.24, 2.45) is 10.9 Å². The molecule has 0 spiro atoms. The lowest BCUT2D eigenvalue weighted by Crippen LogP contribution is -1.99. The second kappa shape index (κ2) is 9.52. The number of aliphatic imine (C=N–C) groups is 1. The second-order valence-corrected chi connectivity index (χ2v) is 5.59. The SMILES string of the molecule is CCCC(C/C=C(\C=NC)c1ccc(C)cc1)CCC. The third-order valence-electron chi connectivity index (χ3n) is 3.72. The van der Waals surface area contributed by atoms with E-state index in [9.17, 15) is 0 Å². The zero-order chi connectivity index (χ0) is 14.8. The number of allylic oxidation sites excluding steroid dienone is 2. The fourth-order valence-corrected chi connectivity index (χ4v) is 2.62. The van der Waals surface area contributed by atoms with E-state index in [1.54, 1.807) is 0 Å². The average Bonchev–Trinajstić information content (AvgIpc) is 2.45. The zero-order valence-corrected chi connectivity index (χ0v) is 13.5. The first-order valence-electron chi connectivity index (χ1n) is 7.90. The Hall–Kier alpha value is -1.37. The summed E-state index contributed by atoms with van der Waals surface area (Å²) in [6.45, 7) is 6.68. The lowest BCUT2D eigenvalue weighted by atomic mass is 9.93. The standard InChI is InChI=1S/C19H29N/c1-5-7-17(8-6-2)11-14-19(15-20-4)18-12-9-16(3)10-13-18/h9-10,12-15,17H,5-8,11H2,1-4H3/b19-14+,20-15?. The Morgan fingerprint density at radius 3 is 2.20 bits per heavy atom. The predicted molar refractivity (Wildman–Crippen MR) is 91.5 cm³/mol. The lowest BCUT2D eigenvalue weighted by Gasteiger charge is -2.13. The van der Waals surface area contributed by atoms with Crippen LogP contribution in [-0.4, -0.2) is 13.3 Å². The van der Waals surface area contributed by atoms with Crippen LogP contribution >= 0.6 is 0 Å². The van der Waals surface area contributed by atoms with E-state index in [2.05, 4.69) is 56.1 Å². The first-order valence-corrected chi connectivity index (χ1v) is 7.90. The normalized spacial score (nSPS) is 12.6. The van der Waals surface area contributed by atoms with Crippen LogP contribution in [0.1, 0.15) is 57.1 Å². The number of benzene rings is 1. The molecule has 0 aromatic heterocycles. The first kappa shape index (κ1) is 16.7. The molecule has 0 fully saturated rings. The minimum absolute atomic E-state index is 0.815. The molecule has 110 valence electrons. The number of aryl methyl sites for hydroxylation is 1. The molecule has 1 nitrogen and oxygen atoms in total. The van der Waals surface area contributed by atoms with E-state index in [1.807, 2.05) is 13.3 Å². The summed E-state index contributed by atoms with van der Waals surface area (Å²) >= 11 is 0. The van der Waals surface area contributed by atoms with Gasteiger partial charge in [0.1, 0.15) is 0 Å². The number of nitrogens with zero attached hydrogens (tertiary/aromatic N) is 1. The highest BCUT2D eigenvalue weighted by molar-refractivity contribution is 6.09. The van der Waals surface area contributed by atoms with Crippen LogP contribution in [-0.2, 0) is 0 Å². The Morgan fingerprint density at radius 2 is 1.70 bits per heavy atom. The van der Waals surface area contributed by atoms with Gasteiger partial charge in [-0.3, -0.25) is 4.99 Å². The Labute approximate surface area is 124 Å². The van der Waals surface area contributed by atoms with Crippen molar-refractivity contribution in [2.45, 2.75) is 52.9 Å². The van der Waals surface area contributed by atoms with Crippen molar-refractivity contribution in [1.82, 2.24) is 0 Å². The van der Waals surface area contributed by atoms with Gasteiger partial charge in [0.15, 0.2) is 0 Å². The Bertz CT molecular complexity index is 420. The summed E-state index contributed by atoms with van der Waals surface area (Å²) < 4.78 is 0. The van der Waals surface area contributed by atoms with Gasteiger partial charge in [0.05, 0.1) is 0 Å². The van der Waals surface area contributed by atoms with Crippen LogP contribution in [0.15, 0.2) is 35.3 Å². The van der Waals surface area contributed by atoms with Gasteiger partial charge in [-0.05, 0) is 30.4 Å². The van der Waals surface area contributed by atoms with Gasteiger partial charge < -0.3 is 0 Å². The van der Waals surface area contributed by atoms with Gasteiger partial charge in [-0.15, -0.1) is 0 Å². The zero-order valence-electron chi connectivity index (χ0n) is 13.5. The summed E-state index contributed by atoms with van der Waals surface area (Å²) in [5.41, 5.74) is 3.83. The Morgan fingerprint density at radius 1 is 1.10 bits per heavy atom. The van der Waals surface area contributed by atoms with Gasteiger partial charge in [-0.2, -0.15) is 0 Å². The summed E-state index contributed by atoms with van der Waals surface area (Å²) in [5.74, 6) is 0.815. The van der Waals surface area contributed by atoms with Crippen molar-refractivity contribution in [2.75, 3.05) is 7.05 Å². The fourth-order valence-electron chi connectivity index (χ4n) is 2.62. The molecule has 0 saturated carbocycles. The molecule has 1 heteroatoms. The van der Waals surface area contributed by atoms with Gasteiger partial charge in [0.25, 0.3) is 0 Å². The van der Waals surface area contributed by atoms with Crippen LogP contribution in [0.3, 0.4) is 0 Å². The highest BCUT2D eigenvalue weighted by Gasteiger charge is 2.06. The third-order valence-corrected chi connectivity index (χ3v) is 3.72. The minimum Gasteiger partial charge on any atom is -0.296 e. The number of hydrogen-bond donors (Lipinski definition) is 0. The fraction of sp³-hybridized carbons (Fsp3) is 0.526. The molecule has 20 heavy (non-hydrogen) atoms. The summed E-state index contributed by atoms with van der Waals surface area (Å²) in [6.07, 6.45) is 10.7. The smallest absolute Gasteiger partial charge is 0.0284 e. The maximum Gasteiger partial charge on any atom is 0.0284 e. The predicted octanol–water partition coefficient (Wildman–Crippen LogP) is 5.69. The molecule has 0 saturated heterocycles. The molecule has 0 radical (unpaired) electrons. The van der Waals surface area contributed by atoms with Crippen LogP contribution in [0.2, 0.25) is 0 Å². The van der Waals surface area contributed by atoms with E-state index in [0.717, 1.165) is 12.3 Å². The van der Waals surface area contributed by atoms with Gasteiger partial charge in [0, 0.05) is 13.3 Å². The van der Waals surface area contributed by atoms with Crippen molar-refractivity contribution in [1.29, 1.82) is 0 Å². The summed E-state index contributed by atoms with van der Waals surface area (Å²) in [6, 6.07) is 8.72. The maximum atomic E-state index is 4.21. The van der Waals surface area contributed by atoms with E-state index < -0.39 is 0 Å². The van der Waals surface area contributed by atoms with E-state index in [1.165, 1.54) is 42.4 Å². The molecular weight excluding hydrogens is 242 g/mol. The summed E-state index contributed by atoms with van der Waals surface area (Å²) in [4.78, 5) is 4.21. The number of hydrogen-bond acceptors (Lipinski definition) is 1. The minimum atomic E-state index is 0.815. The molecule has 1 aromatic carbocycles. The van der Waals surface area contributed by atoms with Crippen molar-refractivity contribution >= 4 is 11.8 Å². The molecule has 0 aliphatic heterocycles. The van der Waals surface area contributed by atoms with Gasteiger partial charge >= 0.3 is 0 Å². The monoisotopic (exact) mass is 271 g/mol. The quantitative estimate of drug-likeness (QED) is 0.539. The highest BCUT2D eigenvalue weighted by Crippen LogP contribution is 2.21. The molecule has 0 aliphatic rings. The van der Waals surface area contributed by atoms with Crippen LogP contribution in [0.5, 0.6) is 0 Å². The highest BCUT2D eigenvalue weighted by atomic mass is 14.6. The van der Waals surface area contributed by atoms with Crippen LogP contribution in [0.4, 0.5) is 0 Å². The molecule has 0 amide bonds. The topological polar surface area (TPSA) is 12.4 Å². The molecule has 0 atom stereocenters. The van der Waals surface area contributed by atoms with Crippen LogP contribution in [0.25, 0.3) is 5.57 Å². The van der Waals surface area contributed by atoms with Crippen LogP contribution < -0.4 is 0 Å². The lowest BCUT2D eigenvalue weighted by molar-refractivity contribution is 0.445. The van der Waals surface area contributed by atoms with Crippen molar-refractivity contribution in [3.8, 4) is 0 Å². The summed E-state index contributed by atoms with van der Waals surface area (Å²) in [7, 11) is 1.84. The molecule has 0 N–H and O–H groups in total. The van der Waals surface area contributed by atoms with Gasteiger partial charge in [-0.25, -0.2) is 0 Å². The second-order valence-electron chi connectivity index (χ2n) is 5.59. The summed E-state index contributed by atoms with van der Waals surface area (Å²) in [5, 5.41) is 0. The van der Waals surface area contributed by atoms with Crippen molar-refractivity contribution in [3.63, 3.8) is 0 Å². The van der Waals surface area contributed by atoms with E-state index in [-0.39, 0.29) is 0 Å². The molecule has 0 unspecified atom stereocenters. The number of rotatable bonds is 8. The average molecular weight is 271 g/mol. The molecule has 1 aromatic rings. The molecule has 0 aliphatic carbocycles. The van der Waals surface area contributed by atoms with E-state index in [0.29, 0.717) is 0 Å². The first-order chi connectivity index (χ1) is 9.71.